The summed E-state index contributed by atoms with van der Waals surface area (Å²) in [4.78, 5) is 39.9. The van der Waals surface area contributed by atoms with Crippen LogP contribution in [0.25, 0.3) is 22.0 Å². The minimum Gasteiger partial charge on any atom is -0.338 e. The number of benzene rings is 3. The van der Waals surface area contributed by atoms with E-state index in [1.807, 2.05) is 97.1 Å². The lowest BCUT2D eigenvalue weighted by molar-refractivity contribution is 0.0940. The molecule has 0 fully saturated rings. The van der Waals surface area contributed by atoms with Gasteiger partial charge >= 0.3 is 0 Å². The molecule has 198 valence electrons. The van der Waals surface area contributed by atoms with Gasteiger partial charge in [0.25, 0.3) is 11.8 Å². The maximum atomic E-state index is 13.3. The van der Waals surface area contributed by atoms with E-state index in [2.05, 4.69) is 25.6 Å². The second-order valence-corrected chi connectivity index (χ2v) is 9.41. The molecule has 0 radical (unpaired) electrons. The number of hydrogen-bond donors (Lipinski definition) is 2. The minimum atomic E-state index is -0.517. The van der Waals surface area contributed by atoms with Crippen molar-refractivity contribution in [2.24, 2.45) is 0 Å². The normalized spacial score (nSPS) is 10.9. The Bertz CT molecular complexity index is 1790. The molecule has 0 spiro atoms. The summed E-state index contributed by atoms with van der Waals surface area (Å²) in [7, 11) is 0. The standard InChI is InChI=1S/C34H25N5O2/c40-33(39-32(29-14-6-8-18-35-29)30-15-7-9-19-36-30)25-20-24-16-17-26(21-31(24)37-22-25)38-34(41)28-13-5-4-12-27(28)23-10-2-1-3-11-23/h1-22,32H,(H,38,41)(H,39,40). The maximum absolute atomic E-state index is 13.3. The maximum Gasteiger partial charge on any atom is 0.256 e. The molecular weight excluding hydrogens is 510 g/mol. The Hall–Kier alpha value is -5.69. The first-order valence-corrected chi connectivity index (χ1v) is 13.1. The summed E-state index contributed by atoms with van der Waals surface area (Å²) in [5, 5.41) is 6.80. The predicted octanol–water partition coefficient (Wildman–Crippen LogP) is 6.46. The highest BCUT2D eigenvalue weighted by molar-refractivity contribution is 6.09. The van der Waals surface area contributed by atoms with Crippen LogP contribution in [-0.4, -0.2) is 26.8 Å². The molecule has 0 aliphatic heterocycles. The number of aromatic nitrogens is 3. The number of amides is 2. The molecule has 0 unspecified atom stereocenters. The first kappa shape index (κ1) is 25.6. The Morgan fingerprint density at radius 2 is 1.32 bits per heavy atom. The van der Waals surface area contributed by atoms with E-state index in [1.54, 1.807) is 30.6 Å². The third-order valence-corrected chi connectivity index (χ3v) is 6.70. The van der Waals surface area contributed by atoms with E-state index < -0.39 is 6.04 Å². The number of hydrogen-bond acceptors (Lipinski definition) is 5. The lowest BCUT2D eigenvalue weighted by Gasteiger charge is -2.18. The zero-order valence-corrected chi connectivity index (χ0v) is 21.9. The van der Waals surface area contributed by atoms with E-state index in [1.165, 1.54) is 6.20 Å². The molecule has 7 nitrogen and oxygen atoms in total. The van der Waals surface area contributed by atoms with Crippen LogP contribution in [0.5, 0.6) is 0 Å². The third kappa shape index (κ3) is 5.69. The van der Waals surface area contributed by atoms with Crippen LogP contribution in [0.3, 0.4) is 0 Å². The molecule has 7 heteroatoms. The van der Waals surface area contributed by atoms with Gasteiger partial charge in [-0.3, -0.25) is 24.5 Å². The molecular formula is C34H25N5O2. The van der Waals surface area contributed by atoms with Crippen molar-refractivity contribution in [2.75, 3.05) is 5.32 Å². The molecule has 0 saturated heterocycles. The summed E-state index contributed by atoms with van der Waals surface area (Å²) in [6.07, 6.45) is 4.90. The highest BCUT2D eigenvalue weighted by atomic mass is 16.2. The number of anilines is 1. The van der Waals surface area contributed by atoms with Crippen molar-refractivity contribution in [3.05, 3.63) is 156 Å². The third-order valence-electron chi connectivity index (χ3n) is 6.70. The zero-order chi connectivity index (χ0) is 28.0. The van der Waals surface area contributed by atoms with E-state index >= 15 is 0 Å². The van der Waals surface area contributed by atoms with E-state index in [0.29, 0.717) is 33.7 Å². The van der Waals surface area contributed by atoms with Crippen LogP contribution < -0.4 is 10.6 Å². The zero-order valence-electron chi connectivity index (χ0n) is 21.9. The van der Waals surface area contributed by atoms with Gasteiger partial charge in [-0.05, 0) is 59.7 Å². The average Bonchev–Trinajstić information content (AvgIpc) is 3.04. The van der Waals surface area contributed by atoms with Crippen LogP contribution in [-0.2, 0) is 0 Å². The van der Waals surface area contributed by atoms with E-state index in [0.717, 1.165) is 16.5 Å². The van der Waals surface area contributed by atoms with Crippen LogP contribution >= 0.6 is 0 Å². The van der Waals surface area contributed by atoms with E-state index in [-0.39, 0.29) is 11.8 Å². The quantitative estimate of drug-likeness (QED) is 0.244. The SMILES string of the molecule is O=C(NC(c1ccccn1)c1ccccn1)c1cnc2cc(NC(=O)c3ccccc3-c3ccccc3)ccc2c1. The summed E-state index contributed by atoms with van der Waals surface area (Å²) in [6, 6.07) is 35.1. The smallest absolute Gasteiger partial charge is 0.256 e. The fraction of sp³-hybridized carbons (Fsp3) is 0.0294. The molecule has 0 aliphatic rings. The van der Waals surface area contributed by atoms with Gasteiger partial charge in [0, 0.05) is 35.2 Å². The van der Waals surface area contributed by atoms with Crippen molar-refractivity contribution < 1.29 is 9.59 Å². The summed E-state index contributed by atoms with van der Waals surface area (Å²) >= 11 is 0. The van der Waals surface area contributed by atoms with Gasteiger partial charge in [0.2, 0.25) is 0 Å². The fourth-order valence-corrected chi connectivity index (χ4v) is 4.68. The Labute approximate surface area is 237 Å². The first-order chi connectivity index (χ1) is 20.2. The highest BCUT2D eigenvalue weighted by Crippen LogP contribution is 2.26. The van der Waals surface area contributed by atoms with Gasteiger partial charge in [-0.2, -0.15) is 0 Å². The van der Waals surface area contributed by atoms with Gasteiger partial charge in [-0.1, -0.05) is 66.7 Å². The van der Waals surface area contributed by atoms with Gasteiger partial charge in [-0.25, -0.2) is 0 Å². The molecule has 41 heavy (non-hydrogen) atoms. The number of fused-ring (bicyclic) bond motifs is 1. The molecule has 0 bridgehead atoms. The van der Waals surface area contributed by atoms with Crippen molar-refractivity contribution in [1.82, 2.24) is 20.3 Å². The Morgan fingerprint density at radius 1 is 0.634 bits per heavy atom. The molecule has 0 saturated carbocycles. The van der Waals surface area contributed by atoms with Gasteiger partial charge in [0.15, 0.2) is 0 Å². The Kier molecular flexibility index (Phi) is 7.23. The molecule has 6 rings (SSSR count). The minimum absolute atomic E-state index is 0.213. The topological polar surface area (TPSA) is 96.9 Å². The number of rotatable bonds is 7. The first-order valence-electron chi connectivity index (χ1n) is 13.1. The monoisotopic (exact) mass is 535 g/mol. The fourth-order valence-electron chi connectivity index (χ4n) is 4.68. The van der Waals surface area contributed by atoms with Crippen molar-refractivity contribution in [3.63, 3.8) is 0 Å². The van der Waals surface area contributed by atoms with Gasteiger partial charge in [-0.15, -0.1) is 0 Å². The molecule has 3 aromatic carbocycles. The Morgan fingerprint density at radius 3 is 2.02 bits per heavy atom. The van der Waals surface area contributed by atoms with Crippen molar-refractivity contribution >= 4 is 28.4 Å². The van der Waals surface area contributed by atoms with Crippen LogP contribution in [0, 0.1) is 0 Å². The number of pyridine rings is 3. The summed E-state index contributed by atoms with van der Waals surface area (Å²) < 4.78 is 0. The Balaban J connectivity index is 1.22. The molecule has 6 aromatic rings. The van der Waals surface area contributed by atoms with Crippen molar-refractivity contribution in [2.45, 2.75) is 6.04 Å². The molecule has 0 aliphatic carbocycles. The van der Waals surface area contributed by atoms with Gasteiger partial charge in [0.05, 0.1) is 22.5 Å². The lowest BCUT2D eigenvalue weighted by Crippen LogP contribution is -2.30. The molecule has 2 N–H and O–H groups in total. The number of nitrogens with zero attached hydrogens (tertiary/aromatic N) is 3. The number of carbonyl (C=O) groups excluding carboxylic acids is 2. The number of nitrogens with one attached hydrogen (secondary N) is 2. The predicted molar refractivity (Wildman–Crippen MR) is 159 cm³/mol. The van der Waals surface area contributed by atoms with Gasteiger partial charge < -0.3 is 10.6 Å². The molecule has 2 amide bonds. The lowest BCUT2D eigenvalue weighted by atomic mass is 9.99. The second kappa shape index (κ2) is 11.6. The van der Waals surface area contributed by atoms with Gasteiger partial charge in [0.1, 0.15) is 6.04 Å². The number of carbonyl (C=O) groups is 2. The van der Waals surface area contributed by atoms with E-state index in [4.69, 9.17) is 0 Å². The second-order valence-electron chi connectivity index (χ2n) is 9.41. The van der Waals surface area contributed by atoms with Crippen LogP contribution in [0.4, 0.5) is 5.69 Å². The average molecular weight is 536 g/mol. The summed E-state index contributed by atoms with van der Waals surface area (Å²) in [5.74, 6) is -0.509. The largest absolute Gasteiger partial charge is 0.338 e. The summed E-state index contributed by atoms with van der Waals surface area (Å²) in [6.45, 7) is 0. The van der Waals surface area contributed by atoms with Crippen LogP contribution in [0.15, 0.2) is 134 Å². The molecule has 3 heterocycles. The van der Waals surface area contributed by atoms with Crippen molar-refractivity contribution in [1.29, 1.82) is 0 Å². The molecule has 0 atom stereocenters. The van der Waals surface area contributed by atoms with Crippen molar-refractivity contribution in [3.8, 4) is 11.1 Å². The molecule has 3 aromatic heterocycles. The van der Waals surface area contributed by atoms with E-state index in [9.17, 15) is 9.59 Å². The van der Waals surface area contributed by atoms with Crippen LogP contribution in [0.2, 0.25) is 0 Å². The summed E-state index contributed by atoms with van der Waals surface area (Å²) in [5.41, 5.74) is 5.44. The van der Waals surface area contributed by atoms with Crippen LogP contribution in [0.1, 0.15) is 38.1 Å². The highest BCUT2D eigenvalue weighted by Gasteiger charge is 2.20.